The molecule has 9 nitrogen and oxygen atoms in total. The van der Waals surface area contributed by atoms with E-state index in [4.69, 9.17) is 52.5 Å². The van der Waals surface area contributed by atoms with Crippen molar-refractivity contribution in [2.75, 3.05) is 25.6 Å². The molecule has 0 unspecified atom stereocenters. The Kier molecular flexibility index (Phi) is 10.7. The van der Waals surface area contributed by atoms with Crippen LogP contribution in [0.1, 0.15) is 12.5 Å². The number of halogens is 2. The SMILES string of the molecule is CCOc1ccc(-c2cnc(NCc3c(Cl)cccc3Cl)n2CCOC)cc1.O=C(O)C(=O)O. The summed E-state index contributed by atoms with van der Waals surface area (Å²) in [7, 11) is 1.68. The fraction of sp³-hybridized carbons (Fsp3) is 0.261. The Hall–Kier alpha value is -3.27. The van der Waals surface area contributed by atoms with Gasteiger partial charge in [-0.1, -0.05) is 29.3 Å². The molecule has 0 aliphatic carbocycles. The zero-order valence-corrected chi connectivity index (χ0v) is 20.1. The quantitative estimate of drug-likeness (QED) is 0.355. The Morgan fingerprint density at radius 2 is 1.68 bits per heavy atom. The van der Waals surface area contributed by atoms with Gasteiger partial charge in [0, 0.05) is 41.4 Å². The number of hydrogen-bond donors (Lipinski definition) is 3. The van der Waals surface area contributed by atoms with Crippen molar-refractivity contribution in [3.63, 3.8) is 0 Å². The molecule has 0 amide bonds. The molecule has 3 aromatic rings. The van der Waals surface area contributed by atoms with Crippen LogP contribution in [-0.2, 0) is 27.4 Å². The van der Waals surface area contributed by atoms with Crippen molar-refractivity contribution in [3.8, 4) is 17.0 Å². The number of benzene rings is 2. The zero-order chi connectivity index (χ0) is 25.1. The Morgan fingerprint density at radius 1 is 1.06 bits per heavy atom. The molecule has 11 heteroatoms. The fourth-order valence-electron chi connectivity index (χ4n) is 2.91. The van der Waals surface area contributed by atoms with Crippen molar-refractivity contribution >= 4 is 41.1 Å². The minimum absolute atomic E-state index is 0.477. The van der Waals surface area contributed by atoms with E-state index in [0.717, 1.165) is 28.5 Å². The van der Waals surface area contributed by atoms with Crippen LogP contribution in [0.15, 0.2) is 48.7 Å². The summed E-state index contributed by atoms with van der Waals surface area (Å²) < 4.78 is 12.9. The average molecular weight is 510 g/mol. The lowest BCUT2D eigenvalue weighted by atomic mass is 10.1. The van der Waals surface area contributed by atoms with Crippen LogP contribution in [0.25, 0.3) is 11.3 Å². The summed E-state index contributed by atoms with van der Waals surface area (Å²) >= 11 is 12.6. The van der Waals surface area contributed by atoms with E-state index in [1.54, 1.807) is 7.11 Å². The fourth-order valence-corrected chi connectivity index (χ4v) is 3.44. The topological polar surface area (TPSA) is 123 Å². The van der Waals surface area contributed by atoms with E-state index in [1.165, 1.54) is 0 Å². The van der Waals surface area contributed by atoms with Crippen molar-refractivity contribution in [3.05, 3.63) is 64.3 Å². The molecule has 0 saturated heterocycles. The number of carbonyl (C=O) groups is 2. The van der Waals surface area contributed by atoms with Crippen LogP contribution in [0.3, 0.4) is 0 Å². The van der Waals surface area contributed by atoms with E-state index < -0.39 is 11.9 Å². The molecule has 0 aliphatic rings. The second kappa shape index (κ2) is 13.4. The maximum absolute atomic E-state index is 9.10. The van der Waals surface area contributed by atoms with Gasteiger partial charge in [0.2, 0.25) is 5.95 Å². The molecule has 0 bridgehead atoms. The Bertz CT molecular complexity index is 1070. The highest BCUT2D eigenvalue weighted by atomic mass is 35.5. The lowest BCUT2D eigenvalue weighted by Gasteiger charge is -2.14. The van der Waals surface area contributed by atoms with Gasteiger partial charge in [-0.3, -0.25) is 0 Å². The minimum atomic E-state index is -1.82. The Labute approximate surface area is 206 Å². The van der Waals surface area contributed by atoms with Gasteiger partial charge in [-0.25, -0.2) is 14.6 Å². The molecule has 0 spiro atoms. The van der Waals surface area contributed by atoms with Gasteiger partial charge >= 0.3 is 11.9 Å². The summed E-state index contributed by atoms with van der Waals surface area (Å²) in [5.74, 6) is -2.07. The van der Waals surface area contributed by atoms with Crippen LogP contribution in [0.5, 0.6) is 5.75 Å². The van der Waals surface area contributed by atoms with E-state index >= 15 is 0 Å². The highest BCUT2D eigenvalue weighted by Crippen LogP contribution is 2.28. The number of rotatable bonds is 9. The van der Waals surface area contributed by atoms with Crippen LogP contribution < -0.4 is 10.1 Å². The second-order valence-corrected chi connectivity index (χ2v) is 7.55. The van der Waals surface area contributed by atoms with Crippen LogP contribution >= 0.6 is 23.2 Å². The zero-order valence-electron chi connectivity index (χ0n) is 18.6. The van der Waals surface area contributed by atoms with Crippen LogP contribution in [0, 0.1) is 0 Å². The van der Waals surface area contributed by atoms with Gasteiger partial charge in [0.15, 0.2) is 0 Å². The largest absolute Gasteiger partial charge is 0.494 e. The maximum atomic E-state index is 9.10. The molecule has 0 saturated carbocycles. The number of nitrogens with zero attached hydrogens (tertiary/aromatic N) is 2. The van der Waals surface area contributed by atoms with Gasteiger partial charge in [0.25, 0.3) is 0 Å². The number of ether oxygens (including phenoxy) is 2. The van der Waals surface area contributed by atoms with Gasteiger partial charge < -0.3 is 29.6 Å². The third-order valence-electron chi connectivity index (χ3n) is 4.50. The van der Waals surface area contributed by atoms with E-state index in [2.05, 4.69) is 14.9 Å². The van der Waals surface area contributed by atoms with Gasteiger partial charge in [0.1, 0.15) is 5.75 Å². The molecule has 0 fully saturated rings. The third-order valence-corrected chi connectivity index (χ3v) is 5.21. The van der Waals surface area contributed by atoms with Crippen LogP contribution in [0.2, 0.25) is 10.0 Å². The van der Waals surface area contributed by atoms with Crippen molar-refractivity contribution in [2.45, 2.75) is 20.0 Å². The smallest absolute Gasteiger partial charge is 0.414 e. The molecule has 1 aromatic heterocycles. The van der Waals surface area contributed by atoms with E-state index in [1.807, 2.05) is 55.6 Å². The standard InChI is InChI=1S/C21H23Cl2N3O2.C2H2O4/c1-3-28-16-9-7-15(8-10-16)20-14-25-21(26(20)11-12-27-2)24-13-17-18(22)5-4-6-19(17)23;3-1(4)2(5)6/h4-10,14H,3,11-13H2,1-2H3,(H,24,25);(H,3,4)(H,5,6). The van der Waals surface area contributed by atoms with Crippen molar-refractivity contribution in [1.82, 2.24) is 9.55 Å². The molecule has 2 aromatic carbocycles. The summed E-state index contributed by atoms with van der Waals surface area (Å²) in [6.45, 7) is 4.32. The number of nitrogens with one attached hydrogen (secondary N) is 1. The highest BCUT2D eigenvalue weighted by Gasteiger charge is 2.13. The first-order valence-electron chi connectivity index (χ1n) is 10.2. The van der Waals surface area contributed by atoms with Crippen LogP contribution in [-0.4, -0.2) is 52.0 Å². The lowest BCUT2D eigenvalue weighted by Crippen LogP contribution is -2.12. The van der Waals surface area contributed by atoms with E-state index in [-0.39, 0.29) is 0 Å². The molecule has 3 rings (SSSR count). The molecule has 182 valence electrons. The molecule has 3 N–H and O–H groups in total. The molecule has 34 heavy (non-hydrogen) atoms. The second-order valence-electron chi connectivity index (χ2n) is 6.73. The predicted octanol–water partition coefficient (Wildman–Crippen LogP) is 4.67. The van der Waals surface area contributed by atoms with Crippen molar-refractivity contribution in [1.29, 1.82) is 0 Å². The maximum Gasteiger partial charge on any atom is 0.414 e. The summed E-state index contributed by atoms with van der Waals surface area (Å²) in [6.07, 6.45) is 1.85. The summed E-state index contributed by atoms with van der Waals surface area (Å²) in [6, 6.07) is 13.5. The number of carboxylic acid groups (broad SMARTS) is 2. The van der Waals surface area contributed by atoms with Crippen LogP contribution in [0.4, 0.5) is 5.95 Å². The predicted molar refractivity (Wildman–Crippen MR) is 130 cm³/mol. The Morgan fingerprint density at radius 3 is 2.21 bits per heavy atom. The van der Waals surface area contributed by atoms with Gasteiger partial charge in [-0.2, -0.15) is 0 Å². The molecule has 1 heterocycles. The van der Waals surface area contributed by atoms with Crippen molar-refractivity contribution < 1.29 is 29.3 Å². The first-order chi connectivity index (χ1) is 16.3. The number of aliphatic carboxylic acids is 2. The summed E-state index contributed by atoms with van der Waals surface area (Å²) in [5.41, 5.74) is 2.89. The molecular formula is C23H25Cl2N3O6. The van der Waals surface area contributed by atoms with Crippen molar-refractivity contribution in [2.24, 2.45) is 0 Å². The molecular weight excluding hydrogens is 485 g/mol. The first kappa shape index (κ1) is 27.0. The number of anilines is 1. The first-order valence-corrected chi connectivity index (χ1v) is 10.9. The Balaban J connectivity index is 0.000000604. The van der Waals surface area contributed by atoms with E-state index in [9.17, 15) is 0 Å². The lowest BCUT2D eigenvalue weighted by molar-refractivity contribution is -0.159. The van der Waals surface area contributed by atoms with Gasteiger partial charge in [-0.15, -0.1) is 0 Å². The number of carboxylic acids is 2. The number of methoxy groups -OCH3 is 1. The van der Waals surface area contributed by atoms with E-state index in [0.29, 0.717) is 36.3 Å². The number of hydrogen-bond acceptors (Lipinski definition) is 6. The molecule has 0 aliphatic heterocycles. The van der Waals surface area contributed by atoms with Gasteiger partial charge in [0.05, 0.1) is 25.1 Å². The molecule has 0 atom stereocenters. The summed E-state index contributed by atoms with van der Waals surface area (Å²) in [4.78, 5) is 22.8. The highest BCUT2D eigenvalue weighted by molar-refractivity contribution is 6.36. The monoisotopic (exact) mass is 509 g/mol. The number of imidazole rings is 1. The van der Waals surface area contributed by atoms with Gasteiger partial charge in [-0.05, 0) is 43.3 Å². The summed E-state index contributed by atoms with van der Waals surface area (Å²) in [5, 5.41) is 19.4. The minimum Gasteiger partial charge on any atom is -0.494 e. The molecule has 0 radical (unpaired) electrons. The third kappa shape index (κ3) is 7.65. The number of aromatic nitrogens is 2. The average Bonchev–Trinajstić information content (AvgIpc) is 3.21. The normalized spacial score (nSPS) is 10.2.